The average molecular weight is 483 g/mol. The third-order valence-electron chi connectivity index (χ3n) is 5.71. The number of nitrogens with zero attached hydrogens (tertiary/aromatic N) is 2. The second kappa shape index (κ2) is 19.2. The summed E-state index contributed by atoms with van der Waals surface area (Å²) in [4.78, 5) is 32.0. The Bertz CT molecular complexity index is 736. The lowest BCUT2D eigenvalue weighted by Gasteiger charge is -2.08. The number of aromatic nitrogens is 2. The van der Waals surface area contributed by atoms with Gasteiger partial charge in [-0.3, -0.25) is 9.97 Å². The molecule has 0 aliphatic carbocycles. The van der Waals surface area contributed by atoms with Crippen LogP contribution < -0.4 is 21.3 Å². The molecule has 8 nitrogen and oxygen atoms in total. The Balaban J connectivity index is 1.27. The van der Waals surface area contributed by atoms with Gasteiger partial charge in [0.05, 0.1) is 0 Å². The van der Waals surface area contributed by atoms with Crippen LogP contribution in [0.2, 0.25) is 0 Å². The molecule has 8 heteroatoms. The van der Waals surface area contributed by atoms with Crippen molar-refractivity contribution in [2.75, 3.05) is 26.2 Å². The summed E-state index contributed by atoms with van der Waals surface area (Å²) in [7, 11) is 0. The normalized spacial score (nSPS) is 10.5. The van der Waals surface area contributed by atoms with E-state index in [0.29, 0.717) is 13.1 Å². The van der Waals surface area contributed by atoms with Crippen molar-refractivity contribution >= 4 is 12.1 Å². The molecule has 0 aromatic carbocycles. The monoisotopic (exact) mass is 482 g/mol. The minimum absolute atomic E-state index is 0.0996. The summed E-state index contributed by atoms with van der Waals surface area (Å²) in [5.74, 6) is 0. The Kier molecular flexibility index (Phi) is 15.4. The zero-order valence-electron chi connectivity index (χ0n) is 20.9. The molecule has 0 atom stereocenters. The summed E-state index contributed by atoms with van der Waals surface area (Å²) in [6.07, 6.45) is 15.5. The maximum atomic E-state index is 11.8. The molecule has 2 rings (SSSR count). The number of carbonyl (C=O) groups excluding carboxylic acids is 2. The Morgan fingerprint density at radius 2 is 0.886 bits per heavy atom. The SMILES string of the molecule is O=C(NCCCCCCCCCCCNC(=O)NCCc1ccccn1)NCCc1ccccn1. The number of carbonyl (C=O) groups is 2. The molecule has 4 amide bonds. The van der Waals surface area contributed by atoms with Crippen molar-refractivity contribution in [3.05, 3.63) is 60.2 Å². The van der Waals surface area contributed by atoms with Gasteiger partial charge in [-0.25, -0.2) is 9.59 Å². The molecule has 0 aliphatic heterocycles. The molecule has 0 spiro atoms. The van der Waals surface area contributed by atoms with Gasteiger partial charge in [0.25, 0.3) is 0 Å². The fraction of sp³-hybridized carbons (Fsp3) is 0.556. The van der Waals surface area contributed by atoms with Gasteiger partial charge in [0.1, 0.15) is 0 Å². The fourth-order valence-electron chi connectivity index (χ4n) is 3.72. The van der Waals surface area contributed by atoms with Crippen LogP contribution in [0, 0.1) is 0 Å². The van der Waals surface area contributed by atoms with Gasteiger partial charge in [-0.2, -0.15) is 0 Å². The lowest BCUT2D eigenvalue weighted by molar-refractivity contribution is 0.240. The predicted octanol–water partition coefficient (Wildman–Crippen LogP) is 4.37. The quantitative estimate of drug-likeness (QED) is 0.237. The molecule has 0 unspecified atom stereocenters. The third kappa shape index (κ3) is 15.4. The van der Waals surface area contributed by atoms with Gasteiger partial charge in [0.15, 0.2) is 0 Å². The highest BCUT2D eigenvalue weighted by atomic mass is 16.2. The van der Waals surface area contributed by atoms with E-state index < -0.39 is 0 Å². The van der Waals surface area contributed by atoms with Crippen LogP contribution in [-0.4, -0.2) is 48.2 Å². The molecule has 4 N–H and O–H groups in total. The van der Waals surface area contributed by atoms with Crippen molar-refractivity contribution in [3.63, 3.8) is 0 Å². The molecular weight excluding hydrogens is 440 g/mol. The predicted molar refractivity (Wildman–Crippen MR) is 140 cm³/mol. The first-order chi connectivity index (χ1) is 17.2. The lowest BCUT2D eigenvalue weighted by atomic mass is 10.1. The molecule has 0 fully saturated rings. The minimum Gasteiger partial charge on any atom is -0.338 e. The Hall–Kier alpha value is -3.16. The van der Waals surface area contributed by atoms with E-state index in [1.165, 1.54) is 32.1 Å². The van der Waals surface area contributed by atoms with E-state index in [2.05, 4.69) is 31.2 Å². The van der Waals surface area contributed by atoms with Gasteiger partial charge in [-0.15, -0.1) is 0 Å². The summed E-state index contributed by atoms with van der Waals surface area (Å²) in [6.45, 7) is 2.63. The summed E-state index contributed by atoms with van der Waals surface area (Å²) in [6, 6.07) is 11.4. The molecule has 0 saturated carbocycles. The largest absolute Gasteiger partial charge is 0.338 e. The maximum Gasteiger partial charge on any atom is 0.314 e. The van der Waals surface area contributed by atoms with E-state index in [1.807, 2.05) is 36.4 Å². The number of urea groups is 2. The smallest absolute Gasteiger partial charge is 0.314 e. The number of hydrogen-bond acceptors (Lipinski definition) is 4. The molecular formula is C27H42N6O2. The highest BCUT2D eigenvalue weighted by molar-refractivity contribution is 5.74. The molecule has 192 valence electrons. The van der Waals surface area contributed by atoms with E-state index in [1.54, 1.807) is 12.4 Å². The Morgan fingerprint density at radius 3 is 1.26 bits per heavy atom. The minimum atomic E-state index is -0.0996. The number of pyridine rings is 2. The first-order valence-electron chi connectivity index (χ1n) is 13.1. The van der Waals surface area contributed by atoms with Gasteiger partial charge in [-0.1, -0.05) is 57.1 Å². The number of amides is 4. The van der Waals surface area contributed by atoms with Crippen molar-refractivity contribution in [3.8, 4) is 0 Å². The van der Waals surface area contributed by atoms with E-state index in [-0.39, 0.29) is 12.1 Å². The molecule has 35 heavy (non-hydrogen) atoms. The summed E-state index contributed by atoms with van der Waals surface area (Å²) >= 11 is 0. The second-order valence-electron chi connectivity index (χ2n) is 8.69. The van der Waals surface area contributed by atoms with Crippen molar-refractivity contribution in [1.29, 1.82) is 0 Å². The van der Waals surface area contributed by atoms with Crippen LogP contribution in [0.4, 0.5) is 9.59 Å². The molecule has 0 radical (unpaired) electrons. The first-order valence-corrected chi connectivity index (χ1v) is 13.1. The third-order valence-corrected chi connectivity index (χ3v) is 5.71. The molecule has 2 aromatic heterocycles. The lowest BCUT2D eigenvalue weighted by Crippen LogP contribution is -2.37. The number of unbranched alkanes of at least 4 members (excludes halogenated alkanes) is 8. The molecule has 0 saturated heterocycles. The van der Waals surface area contributed by atoms with Crippen LogP contribution in [0.25, 0.3) is 0 Å². The first kappa shape index (κ1) is 28.1. The van der Waals surface area contributed by atoms with Crippen LogP contribution in [0.3, 0.4) is 0 Å². The van der Waals surface area contributed by atoms with Gasteiger partial charge in [-0.05, 0) is 37.1 Å². The van der Waals surface area contributed by atoms with Gasteiger partial charge in [0.2, 0.25) is 0 Å². The zero-order valence-corrected chi connectivity index (χ0v) is 20.9. The molecule has 0 bridgehead atoms. The maximum absolute atomic E-state index is 11.8. The standard InChI is InChI=1S/C27H42N6O2/c34-26(32-22-16-24-14-8-12-18-28-24)30-20-10-6-4-2-1-3-5-7-11-21-31-27(35)33-23-17-25-15-9-13-19-29-25/h8-9,12-15,18-19H,1-7,10-11,16-17,20-23H2,(H2,30,32,34)(H2,31,33,35). The van der Waals surface area contributed by atoms with Crippen molar-refractivity contribution < 1.29 is 9.59 Å². The topological polar surface area (TPSA) is 108 Å². The zero-order chi connectivity index (χ0) is 24.8. The van der Waals surface area contributed by atoms with Crippen molar-refractivity contribution in [1.82, 2.24) is 31.2 Å². The highest BCUT2D eigenvalue weighted by Gasteiger charge is 2.01. The van der Waals surface area contributed by atoms with Gasteiger partial charge >= 0.3 is 12.1 Å². The summed E-state index contributed by atoms with van der Waals surface area (Å²) in [5.41, 5.74) is 1.97. The number of nitrogens with one attached hydrogen (secondary N) is 4. The van der Waals surface area contributed by atoms with Crippen LogP contribution in [-0.2, 0) is 12.8 Å². The molecule has 2 heterocycles. The van der Waals surface area contributed by atoms with Gasteiger partial charge in [0, 0.05) is 62.8 Å². The van der Waals surface area contributed by atoms with Crippen molar-refractivity contribution in [2.45, 2.75) is 70.6 Å². The van der Waals surface area contributed by atoms with E-state index >= 15 is 0 Å². The second-order valence-corrected chi connectivity index (χ2v) is 8.69. The van der Waals surface area contributed by atoms with Gasteiger partial charge < -0.3 is 21.3 Å². The van der Waals surface area contributed by atoms with Crippen LogP contribution in [0.1, 0.15) is 69.2 Å². The summed E-state index contributed by atoms with van der Waals surface area (Å²) in [5, 5.41) is 11.6. The highest BCUT2D eigenvalue weighted by Crippen LogP contribution is 2.09. The van der Waals surface area contributed by atoms with Crippen LogP contribution >= 0.6 is 0 Å². The van der Waals surface area contributed by atoms with Crippen LogP contribution in [0.15, 0.2) is 48.8 Å². The van der Waals surface area contributed by atoms with E-state index in [9.17, 15) is 9.59 Å². The number of hydrogen-bond donors (Lipinski definition) is 4. The van der Waals surface area contributed by atoms with Crippen LogP contribution in [0.5, 0.6) is 0 Å². The summed E-state index contributed by atoms with van der Waals surface area (Å²) < 4.78 is 0. The Morgan fingerprint density at radius 1 is 0.514 bits per heavy atom. The van der Waals surface area contributed by atoms with Crippen molar-refractivity contribution in [2.24, 2.45) is 0 Å². The fourth-order valence-corrected chi connectivity index (χ4v) is 3.72. The van der Waals surface area contributed by atoms with E-state index in [0.717, 1.165) is 63.0 Å². The molecule has 2 aromatic rings. The Labute approximate surface area is 210 Å². The average Bonchev–Trinajstić information content (AvgIpc) is 2.88. The number of rotatable bonds is 18. The van der Waals surface area contributed by atoms with E-state index in [4.69, 9.17) is 0 Å². The molecule has 0 aliphatic rings.